The number of nitrogens with zero attached hydrogens (tertiary/aromatic N) is 2. The van der Waals surface area contributed by atoms with E-state index in [9.17, 15) is 0 Å². The van der Waals surface area contributed by atoms with Crippen molar-refractivity contribution in [3.8, 4) is 22.3 Å². The van der Waals surface area contributed by atoms with Crippen molar-refractivity contribution in [1.29, 1.82) is 0 Å². The largest absolute Gasteiger partial charge is 0.311 e. The molecule has 2 heteroatoms. The highest BCUT2D eigenvalue weighted by Crippen LogP contribution is 2.46. The lowest BCUT2D eigenvalue weighted by Gasteiger charge is -2.28. The Kier molecular flexibility index (Phi) is 9.17. The normalized spacial score (nSPS) is 11.2. The number of fused-ring (bicyclic) bond motifs is 2. The van der Waals surface area contributed by atoms with Crippen molar-refractivity contribution in [1.82, 2.24) is 0 Å². The summed E-state index contributed by atoms with van der Waals surface area (Å²) in [4.78, 5) is 4.65. The third kappa shape index (κ3) is 6.40. The highest BCUT2D eigenvalue weighted by atomic mass is 15.2. The molecule has 0 radical (unpaired) electrons. The first kappa shape index (κ1) is 34.8. The van der Waals surface area contributed by atoms with Gasteiger partial charge in [-0.25, -0.2) is 0 Å². The van der Waals surface area contributed by atoms with Crippen molar-refractivity contribution in [2.24, 2.45) is 0 Å². The van der Waals surface area contributed by atoms with Crippen LogP contribution in [0.1, 0.15) is 22.3 Å². The fourth-order valence-electron chi connectivity index (χ4n) is 8.13. The van der Waals surface area contributed by atoms with Gasteiger partial charge in [0.25, 0.3) is 0 Å². The Morgan fingerprint density at radius 1 is 0.250 bits per heavy atom. The summed E-state index contributed by atoms with van der Waals surface area (Å²) in [5, 5.41) is 5.15. The van der Waals surface area contributed by atoms with E-state index in [4.69, 9.17) is 0 Å². The number of hydrogen-bond acceptors (Lipinski definition) is 2. The Morgan fingerprint density at radius 3 is 0.786 bits per heavy atom. The summed E-state index contributed by atoms with van der Waals surface area (Å²) in [6.45, 7) is 8.93. The van der Waals surface area contributed by atoms with E-state index in [1.165, 1.54) is 66.1 Å². The van der Waals surface area contributed by atoms with Gasteiger partial charge in [-0.1, -0.05) is 121 Å². The minimum Gasteiger partial charge on any atom is -0.311 e. The zero-order chi connectivity index (χ0) is 38.2. The molecule has 0 saturated heterocycles. The second kappa shape index (κ2) is 14.7. The molecule has 0 bridgehead atoms. The average Bonchev–Trinajstić information content (AvgIpc) is 3.24. The van der Waals surface area contributed by atoms with Gasteiger partial charge in [-0.2, -0.15) is 0 Å². The van der Waals surface area contributed by atoms with E-state index < -0.39 is 0 Å². The van der Waals surface area contributed by atoms with Crippen molar-refractivity contribution >= 4 is 55.7 Å². The van der Waals surface area contributed by atoms with E-state index in [0.29, 0.717) is 0 Å². The molecule has 0 aliphatic rings. The molecule has 0 saturated carbocycles. The summed E-state index contributed by atoms with van der Waals surface area (Å²) in [5.74, 6) is 0. The maximum atomic E-state index is 2.40. The molecule has 0 N–H and O–H groups in total. The van der Waals surface area contributed by atoms with Crippen LogP contribution in [-0.2, 0) is 0 Å². The molecule has 9 rings (SSSR count). The van der Waals surface area contributed by atoms with Crippen LogP contribution < -0.4 is 9.80 Å². The molecule has 56 heavy (non-hydrogen) atoms. The highest BCUT2D eigenvalue weighted by Gasteiger charge is 2.20. The predicted octanol–water partition coefficient (Wildman–Crippen LogP) is 15.5. The predicted molar refractivity (Wildman–Crippen MR) is 241 cm³/mol. The van der Waals surface area contributed by atoms with Crippen LogP contribution in [0.3, 0.4) is 0 Å². The fourth-order valence-corrected chi connectivity index (χ4v) is 8.13. The molecule has 0 aliphatic carbocycles. The Labute approximate surface area is 330 Å². The molecule has 9 aromatic carbocycles. The zero-order valence-electron chi connectivity index (χ0n) is 32.4. The maximum absolute atomic E-state index is 2.40. The first-order valence-electron chi connectivity index (χ1n) is 19.4. The minimum absolute atomic E-state index is 1.09. The van der Waals surface area contributed by atoms with Crippen LogP contribution in [0.15, 0.2) is 194 Å². The summed E-state index contributed by atoms with van der Waals surface area (Å²) in [6.07, 6.45) is 0. The third-order valence-corrected chi connectivity index (χ3v) is 11.2. The molecule has 0 spiro atoms. The van der Waals surface area contributed by atoms with Crippen molar-refractivity contribution in [2.45, 2.75) is 27.7 Å². The lowest BCUT2D eigenvalue weighted by Crippen LogP contribution is -2.12. The van der Waals surface area contributed by atoms with E-state index in [1.807, 2.05) is 0 Å². The first-order valence-corrected chi connectivity index (χ1v) is 19.4. The summed E-state index contributed by atoms with van der Waals surface area (Å²) < 4.78 is 0. The molecule has 2 nitrogen and oxygen atoms in total. The second-order valence-corrected chi connectivity index (χ2v) is 14.8. The SMILES string of the molecule is Cc1cc2c(-c3ccccc3)c3cc(C)c(C)cc3c(-c3ccc(N(c4ccccc4)c4ccc(N(c5ccccc5)c5ccccc5)cc4)cc3)c2cc1C. The summed E-state index contributed by atoms with van der Waals surface area (Å²) in [7, 11) is 0. The number of anilines is 6. The van der Waals surface area contributed by atoms with Crippen molar-refractivity contribution in [2.75, 3.05) is 9.80 Å². The number of hydrogen-bond donors (Lipinski definition) is 0. The number of aryl methyl sites for hydroxylation is 4. The van der Waals surface area contributed by atoms with Gasteiger partial charge in [0.15, 0.2) is 0 Å². The third-order valence-electron chi connectivity index (χ3n) is 11.2. The lowest BCUT2D eigenvalue weighted by molar-refractivity contribution is 1.26. The zero-order valence-corrected chi connectivity index (χ0v) is 32.4. The van der Waals surface area contributed by atoms with Crippen LogP contribution in [0.5, 0.6) is 0 Å². The van der Waals surface area contributed by atoms with Gasteiger partial charge in [0.1, 0.15) is 0 Å². The fraction of sp³-hybridized carbons (Fsp3) is 0.0741. The van der Waals surface area contributed by atoms with Crippen molar-refractivity contribution in [3.63, 3.8) is 0 Å². The van der Waals surface area contributed by atoms with Gasteiger partial charge >= 0.3 is 0 Å². The van der Waals surface area contributed by atoms with E-state index in [0.717, 1.165) is 34.1 Å². The summed E-state index contributed by atoms with van der Waals surface area (Å²) in [5.41, 5.74) is 16.9. The second-order valence-electron chi connectivity index (χ2n) is 14.8. The van der Waals surface area contributed by atoms with Gasteiger partial charge in [0.2, 0.25) is 0 Å². The molecule has 0 unspecified atom stereocenters. The minimum atomic E-state index is 1.09. The number of benzene rings is 9. The molecule has 0 atom stereocenters. The molecule has 0 amide bonds. The van der Waals surface area contributed by atoms with Crippen LogP contribution in [0.25, 0.3) is 43.8 Å². The monoisotopic (exact) mass is 720 g/mol. The van der Waals surface area contributed by atoms with Crippen LogP contribution >= 0.6 is 0 Å². The van der Waals surface area contributed by atoms with Crippen LogP contribution in [-0.4, -0.2) is 0 Å². The van der Waals surface area contributed by atoms with Gasteiger partial charge < -0.3 is 9.80 Å². The maximum Gasteiger partial charge on any atom is 0.0463 e. The number of para-hydroxylation sites is 3. The van der Waals surface area contributed by atoms with Crippen molar-refractivity contribution < 1.29 is 0 Å². The Balaban J connectivity index is 1.18. The van der Waals surface area contributed by atoms with Gasteiger partial charge in [0.05, 0.1) is 0 Å². The van der Waals surface area contributed by atoms with Gasteiger partial charge in [-0.15, -0.1) is 0 Å². The molecule has 0 heterocycles. The topological polar surface area (TPSA) is 6.48 Å². The Bertz CT molecular complexity index is 2680. The quantitative estimate of drug-likeness (QED) is 0.144. The molecule has 270 valence electrons. The summed E-state index contributed by atoms with van der Waals surface area (Å²) >= 11 is 0. The van der Waals surface area contributed by atoms with Gasteiger partial charge in [-0.05, 0) is 167 Å². The van der Waals surface area contributed by atoms with E-state index in [-0.39, 0.29) is 0 Å². The van der Waals surface area contributed by atoms with Crippen LogP contribution in [0, 0.1) is 27.7 Å². The van der Waals surface area contributed by atoms with Gasteiger partial charge in [-0.3, -0.25) is 0 Å². The molecular formula is C54H44N2. The van der Waals surface area contributed by atoms with E-state index >= 15 is 0 Å². The van der Waals surface area contributed by atoms with Gasteiger partial charge in [0, 0.05) is 34.1 Å². The average molecular weight is 721 g/mol. The molecule has 0 aliphatic heterocycles. The highest BCUT2D eigenvalue weighted by molar-refractivity contribution is 6.22. The standard InChI is InChI=1S/C54H44N2/c1-37-33-49-51(35-39(37)3)54(52-36-40(4)38(2)34-50(52)53(49)41-17-9-5-10-18-41)42-25-27-46(28-26-42)56(45-23-15-8-16-24-45)48-31-29-47(30-32-48)55(43-19-11-6-12-20-43)44-21-13-7-14-22-44/h5-36H,1-4H3. The Hall–Kier alpha value is -6.90. The first-order chi connectivity index (χ1) is 27.4. The Morgan fingerprint density at radius 2 is 0.482 bits per heavy atom. The molecule has 0 aromatic heterocycles. The molecular weight excluding hydrogens is 677 g/mol. The van der Waals surface area contributed by atoms with E-state index in [1.54, 1.807) is 0 Å². The van der Waals surface area contributed by atoms with Crippen LogP contribution in [0.4, 0.5) is 34.1 Å². The number of rotatable bonds is 8. The lowest BCUT2D eigenvalue weighted by atomic mass is 9.83. The smallest absolute Gasteiger partial charge is 0.0463 e. The summed E-state index contributed by atoms with van der Waals surface area (Å²) in [6, 6.07) is 70.4. The van der Waals surface area contributed by atoms with E-state index in [2.05, 4.69) is 232 Å². The molecule has 0 fully saturated rings. The molecule has 9 aromatic rings. The van der Waals surface area contributed by atoms with Crippen LogP contribution in [0.2, 0.25) is 0 Å². The van der Waals surface area contributed by atoms with Crippen molar-refractivity contribution in [3.05, 3.63) is 216 Å².